The first-order valence-electron chi connectivity index (χ1n) is 8.20. The first-order valence-corrected chi connectivity index (χ1v) is 9.78. The second-order valence-corrected chi connectivity index (χ2v) is 7.02. The number of nitrogens with zero attached hydrogens (tertiary/aromatic N) is 1. The zero-order chi connectivity index (χ0) is 20.5. The Hall–Kier alpha value is -2.39. The van der Waals surface area contributed by atoms with Gasteiger partial charge in [-0.3, -0.25) is 4.79 Å². The van der Waals surface area contributed by atoms with Crippen molar-refractivity contribution in [3.05, 3.63) is 56.5 Å². The van der Waals surface area contributed by atoms with E-state index in [0.29, 0.717) is 38.2 Å². The number of hydrazone groups is 1. The molecule has 0 radical (unpaired) electrons. The Labute approximate surface area is 179 Å². The molecule has 9 heteroatoms. The van der Waals surface area contributed by atoms with Gasteiger partial charge in [0.15, 0.2) is 18.1 Å². The van der Waals surface area contributed by atoms with Gasteiger partial charge in [-0.2, -0.15) is 5.10 Å². The van der Waals surface area contributed by atoms with Crippen LogP contribution >= 0.6 is 31.9 Å². The Kier molecular flexibility index (Phi) is 8.46. The molecule has 1 N–H and O–H groups in total. The summed E-state index contributed by atoms with van der Waals surface area (Å²) in [5.41, 5.74) is 3.61. The minimum Gasteiger partial charge on any atom is -0.490 e. The highest BCUT2D eigenvalue weighted by Crippen LogP contribution is 2.36. The van der Waals surface area contributed by atoms with E-state index in [1.165, 1.54) is 13.3 Å². The van der Waals surface area contributed by atoms with Crippen LogP contribution < -0.4 is 14.9 Å². The summed E-state index contributed by atoms with van der Waals surface area (Å²) < 4.78 is 16.9. The van der Waals surface area contributed by atoms with Crippen LogP contribution in [0, 0.1) is 0 Å². The molecule has 2 aromatic rings. The lowest BCUT2D eigenvalue weighted by Crippen LogP contribution is -2.18. The largest absolute Gasteiger partial charge is 0.490 e. The third kappa shape index (κ3) is 6.07. The van der Waals surface area contributed by atoms with Crippen LogP contribution in [-0.2, 0) is 9.53 Å². The summed E-state index contributed by atoms with van der Waals surface area (Å²) in [6.45, 7) is 1.99. The van der Waals surface area contributed by atoms with E-state index in [-0.39, 0.29) is 12.5 Å². The number of methoxy groups -OCH3 is 1. The molecule has 2 aromatic carbocycles. The molecule has 0 unspecified atom stereocenters. The van der Waals surface area contributed by atoms with Crippen molar-refractivity contribution in [2.45, 2.75) is 6.92 Å². The number of rotatable bonds is 8. The third-order valence-corrected chi connectivity index (χ3v) is 4.67. The third-order valence-electron chi connectivity index (χ3n) is 3.39. The fourth-order valence-electron chi connectivity index (χ4n) is 2.13. The molecule has 28 heavy (non-hydrogen) atoms. The van der Waals surface area contributed by atoms with Gasteiger partial charge in [-0.05, 0) is 68.6 Å². The molecule has 0 aliphatic rings. The molecule has 148 valence electrons. The van der Waals surface area contributed by atoms with E-state index in [4.69, 9.17) is 9.47 Å². The number of nitrogens with one attached hydrogen (secondary N) is 1. The van der Waals surface area contributed by atoms with Crippen molar-refractivity contribution in [2.75, 3.05) is 20.3 Å². The first-order chi connectivity index (χ1) is 13.5. The number of amides is 1. The molecule has 0 saturated carbocycles. The lowest BCUT2D eigenvalue weighted by molar-refractivity contribution is -0.142. The van der Waals surface area contributed by atoms with Crippen LogP contribution in [0.1, 0.15) is 22.8 Å². The summed E-state index contributed by atoms with van der Waals surface area (Å²) in [7, 11) is 1.28. The van der Waals surface area contributed by atoms with E-state index in [9.17, 15) is 9.59 Å². The van der Waals surface area contributed by atoms with Crippen LogP contribution in [0.15, 0.2) is 50.4 Å². The second kappa shape index (κ2) is 10.8. The summed E-state index contributed by atoms with van der Waals surface area (Å²) in [6, 6.07) is 10.5. The molecule has 0 aliphatic heterocycles. The van der Waals surface area contributed by atoms with Crippen molar-refractivity contribution in [1.29, 1.82) is 0 Å². The Morgan fingerprint density at radius 1 is 1.14 bits per heavy atom. The van der Waals surface area contributed by atoms with Gasteiger partial charge >= 0.3 is 5.97 Å². The Morgan fingerprint density at radius 2 is 1.89 bits per heavy atom. The molecular weight excluding hydrogens is 496 g/mol. The molecule has 0 bridgehead atoms. The number of carbonyl (C=O) groups is 2. The SMILES string of the molecule is CCOc1cc(/C=N/NC(=O)c2ccccc2Br)cc(Br)c1OCC(=O)OC. The molecule has 0 heterocycles. The van der Waals surface area contributed by atoms with Gasteiger partial charge < -0.3 is 14.2 Å². The minimum absolute atomic E-state index is 0.245. The van der Waals surface area contributed by atoms with Gasteiger partial charge in [0, 0.05) is 4.47 Å². The minimum atomic E-state index is -0.505. The number of ether oxygens (including phenoxy) is 3. The standard InChI is InChI=1S/C19H18Br2N2O5/c1-3-27-16-9-12(8-15(21)18(16)28-11-17(24)26-2)10-22-23-19(25)13-6-4-5-7-14(13)20/h4-10H,3,11H2,1-2H3,(H,23,25)/b22-10+. The normalized spacial score (nSPS) is 10.6. The molecule has 0 fully saturated rings. The maximum Gasteiger partial charge on any atom is 0.343 e. The lowest BCUT2D eigenvalue weighted by atomic mass is 10.2. The topological polar surface area (TPSA) is 86.2 Å². The van der Waals surface area contributed by atoms with Crippen molar-refractivity contribution in [3.63, 3.8) is 0 Å². The van der Waals surface area contributed by atoms with E-state index in [2.05, 4.69) is 47.1 Å². The van der Waals surface area contributed by atoms with Crippen LogP contribution in [0.5, 0.6) is 11.5 Å². The molecule has 7 nitrogen and oxygen atoms in total. The molecule has 0 spiro atoms. The van der Waals surface area contributed by atoms with Crippen molar-refractivity contribution >= 4 is 50.0 Å². The average molecular weight is 514 g/mol. The second-order valence-electron chi connectivity index (χ2n) is 5.31. The molecule has 0 aromatic heterocycles. The number of benzene rings is 2. The van der Waals surface area contributed by atoms with E-state index < -0.39 is 5.97 Å². The Balaban J connectivity index is 2.14. The summed E-state index contributed by atoms with van der Waals surface area (Å²) in [4.78, 5) is 23.5. The summed E-state index contributed by atoms with van der Waals surface area (Å²) in [5, 5.41) is 3.98. The van der Waals surface area contributed by atoms with Gasteiger partial charge in [0.2, 0.25) is 0 Å². The van der Waals surface area contributed by atoms with E-state index in [1.54, 1.807) is 30.3 Å². The smallest absolute Gasteiger partial charge is 0.343 e. The van der Waals surface area contributed by atoms with Gasteiger partial charge in [-0.25, -0.2) is 10.2 Å². The van der Waals surface area contributed by atoms with E-state index in [0.717, 1.165) is 0 Å². The predicted octanol–water partition coefficient (Wildman–Crippen LogP) is 3.93. The first kappa shape index (κ1) is 21.9. The van der Waals surface area contributed by atoms with Crippen molar-refractivity contribution in [1.82, 2.24) is 5.43 Å². The van der Waals surface area contributed by atoms with Crippen molar-refractivity contribution < 1.29 is 23.8 Å². The number of halogens is 2. The highest BCUT2D eigenvalue weighted by atomic mass is 79.9. The van der Waals surface area contributed by atoms with Crippen LogP contribution in [0.4, 0.5) is 0 Å². The number of esters is 1. The zero-order valence-electron chi connectivity index (χ0n) is 15.2. The molecule has 2 rings (SSSR count). The van der Waals surface area contributed by atoms with Gasteiger partial charge in [0.1, 0.15) is 0 Å². The predicted molar refractivity (Wildman–Crippen MR) is 112 cm³/mol. The fraction of sp³-hybridized carbons (Fsp3) is 0.211. The average Bonchev–Trinajstić information content (AvgIpc) is 2.67. The highest BCUT2D eigenvalue weighted by molar-refractivity contribution is 9.10. The van der Waals surface area contributed by atoms with Crippen LogP contribution in [0.3, 0.4) is 0 Å². The Morgan fingerprint density at radius 3 is 2.57 bits per heavy atom. The van der Waals surface area contributed by atoms with Gasteiger partial charge in [-0.1, -0.05) is 12.1 Å². The fourth-order valence-corrected chi connectivity index (χ4v) is 3.17. The van der Waals surface area contributed by atoms with Gasteiger partial charge in [0.25, 0.3) is 5.91 Å². The van der Waals surface area contributed by atoms with Gasteiger partial charge in [0.05, 0.1) is 30.0 Å². The number of hydrogen-bond donors (Lipinski definition) is 1. The Bertz CT molecular complexity index is 887. The lowest BCUT2D eigenvalue weighted by Gasteiger charge is -2.13. The molecular formula is C19H18Br2N2O5. The van der Waals surface area contributed by atoms with Crippen LogP contribution in [0.2, 0.25) is 0 Å². The number of hydrogen-bond acceptors (Lipinski definition) is 6. The van der Waals surface area contributed by atoms with E-state index >= 15 is 0 Å². The van der Waals surface area contributed by atoms with Crippen molar-refractivity contribution in [2.24, 2.45) is 5.10 Å². The molecule has 0 atom stereocenters. The van der Waals surface area contributed by atoms with Crippen LogP contribution in [-0.4, -0.2) is 38.4 Å². The van der Waals surface area contributed by atoms with Gasteiger partial charge in [-0.15, -0.1) is 0 Å². The molecule has 0 saturated heterocycles. The maximum absolute atomic E-state index is 12.2. The summed E-state index contributed by atoms with van der Waals surface area (Å²) >= 11 is 6.72. The zero-order valence-corrected chi connectivity index (χ0v) is 18.4. The maximum atomic E-state index is 12.2. The van der Waals surface area contributed by atoms with Crippen molar-refractivity contribution in [3.8, 4) is 11.5 Å². The van der Waals surface area contributed by atoms with Crippen LogP contribution in [0.25, 0.3) is 0 Å². The summed E-state index contributed by atoms with van der Waals surface area (Å²) in [5.74, 6) is -0.0402. The quantitative estimate of drug-likeness (QED) is 0.328. The highest BCUT2D eigenvalue weighted by Gasteiger charge is 2.14. The number of carbonyl (C=O) groups excluding carboxylic acids is 2. The monoisotopic (exact) mass is 512 g/mol. The van der Waals surface area contributed by atoms with E-state index in [1.807, 2.05) is 13.0 Å². The molecule has 0 aliphatic carbocycles. The molecule has 1 amide bonds. The summed E-state index contributed by atoms with van der Waals surface area (Å²) in [6.07, 6.45) is 1.48.